The number of hydrogen-bond donors (Lipinski definition) is 0. The van der Waals surface area contributed by atoms with Crippen LogP contribution in [0.1, 0.15) is 12.5 Å². The van der Waals surface area contributed by atoms with E-state index in [0.717, 1.165) is 21.5 Å². The van der Waals surface area contributed by atoms with E-state index in [0.29, 0.717) is 0 Å². The summed E-state index contributed by atoms with van der Waals surface area (Å²) in [5.41, 5.74) is 0.534. The number of carbonyl (C=O) groups excluding carboxylic acids is 1. The number of halogens is 1. The number of rotatable bonds is 8. The summed E-state index contributed by atoms with van der Waals surface area (Å²) < 4.78 is 5.95. The van der Waals surface area contributed by atoms with Gasteiger partial charge in [-0.25, -0.2) is 4.79 Å². The molecule has 0 saturated heterocycles. The van der Waals surface area contributed by atoms with Gasteiger partial charge in [-0.15, -0.1) is 17.0 Å². The fourth-order valence-corrected chi connectivity index (χ4v) is 8.89. The van der Waals surface area contributed by atoms with Gasteiger partial charge in [-0.2, -0.15) is 0 Å². The van der Waals surface area contributed by atoms with Gasteiger partial charge in [0.1, 0.15) is 29.8 Å². The van der Waals surface area contributed by atoms with E-state index >= 15 is 0 Å². The maximum absolute atomic E-state index is 13.8. The molecule has 0 saturated carbocycles. The van der Waals surface area contributed by atoms with Crippen molar-refractivity contribution in [1.82, 2.24) is 0 Å². The van der Waals surface area contributed by atoms with E-state index in [1.165, 1.54) is 0 Å². The fourth-order valence-electron chi connectivity index (χ4n) is 4.28. The lowest BCUT2D eigenvalue weighted by molar-refractivity contribution is -0.143. The predicted octanol–water partition coefficient (Wildman–Crippen LogP) is 6.25. The molecule has 4 aromatic rings. The highest BCUT2D eigenvalue weighted by atomic mass is 79.9. The molecule has 0 aromatic heterocycles. The van der Waals surface area contributed by atoms with E-state index in [1.54, 1.807) is 0 Å². The molecular formula is C30H29BrO2P+. The molecule has 1 unspecified atom stereocenters. The molecule has 2 nitrogen and oxygen atoms in total. The Kier molecular flexibility index (Phi) is 9.39. The monoisotopic (exact) mass is 531 g/mol. The molecular weight excluding hydrogens is 503 g/mol. The molecule has 4 heteroatoms. The second-order valence-corrected chi connectivity index (χ2v) is 11.3. The molecule has 0 radical (unpaired) electrons. The van der Waals surface area contributed by atoms with Gasteiger partial charge in [0.05, 0.1) is 0 Å². The normalized spacial score (nSPS) is 12.0. The highest BCUT2D eigenvalue weighted by Crippen LogP contribution is 2.60. The molecule has 1 atom stereocenters. The molecule has 172 valence electrons. The van der Waals surface area contributed by atoms with Crippen LogP contribution in [0.2, 0.25) is 0 Å². The van der Waals surface area contributed by atoms with Crippen LogP contribution in [0.3, 0.4) is 0 Å². The molecule has 0 N–H and O–H groups in total. The zero-order chi connectivity index (χ0) is 22.9. The second-order valence-electron chi connectivity index (χ2n) is 7.79. The smallest absolute Gasteiger partial charge is 0.352 e. The van der Waals surface area contributed by atoms with E-state index in [4.69, 9.17) is 4.74 Å². The maximum atomic E-state index is 13.8. The van der Waals surface area contributed by atoms with Crippen molar-refractivity contribution in [2.24, 2.45) is 0 Å². The van der Waals surface area contributed by atoms with Crippen LogP contribution in [0.4, 0.5) is 0 Å². The minimum atomic E-state index is -2.42. The van der Waals surface area contributed by atoms with Crippen molar-refractivity contribution in [2.45, 2.75) is 19.2 Å². The molecule has 0 amide bonds. The first-order valence-corrected chi connectivity index (χ1v) is 13.0. The Balaban J connectivity index is 0.00000324. The van der Waals surface area contributed by atoms with E-state index in [-0.39, 0.29) is 29.6 Å². The van der Waals surface area contributed by atoms with Crippen molar-refractivity contribution < 1.29 is 9.53 Å². The summed E-state index contributed by atoms with van der Waals surface area (Å²) in [4.78, 5) is 13.8. The molecule has 4 rings (SSSR count). The van der Waals surface area contributed by atoms with E-state index in [1.807, 2.05) is 67.6 Å². The van der Waals surface area contributed by atoms with E-state index < -0.39 is 12.9 Å². The predicted molar refractivity (Wildman–Crippen MR) is 150 cm³/mol. The largest absolute Gasteiger partial charge is 0.458 e. The Morgan fingerprint density at radius 2 is 1.09 bits per heavy atom. The zero-order valence-electron chi connectivity index (χ0n) is 19.2. The summed E-state index contributed by atoms with van der Waals surface area (Å²) in [7, 11) is -2.42. The standard InChI is InChI=1S/C30H28O2P.BrH/c1-2-15-29(30(31)32-24-25-16-7-3-8-17-25)33(26-18-9-4-10-19-26,27-20-11-5-12-21-27)28-22-13-6-14-23-28;/h2-23,29H,24H2,1H3;1H/q+1;. The first-order chi connectivity index (χ1) is 16.3. The van der Waals surface area contributed by atoms with Crippen LogP contribution in [0.5, 0.6) is 0 Å². The minimum absolute atomic E-state index is 0. The highest BCUT2D eigenvalue weighted by Gasteiger charge is 2.55. The van der Waals surface area contributed by atoms with Crippen molar-refractivity contribution in [3.63, 3.8) is 0 Å². The van der Waals surface area contributed by atoms with Crippen LogP contribution in [0.15, 0.2) is 133 Å². The molecule has 0 fully saturated rings. The SMILES string of the molecule is Br.CC=CC(C(=O)OCc1ccccc1)[P+](c1ccccc1)(c1ccccc1)c1ccccc1. The van der Waals surface area contributed by atoms with Gasteiger partial charge in [0, 0.05) is 0 Å². The Morgan fingerprint density at radius 1 is 0.706 bits per heavy atom. The first-order valence-electron chi connectivity index (χ1n) is 11.2. The van der Waals surface area contributed by atoms with Crippen LogP contribution < -0.4 is 15.9 Å². The van der Waals surface area contributed by atoms with Crippen LogP contribution >= 0.6 is 24.2 Å². The number of esters is 1. The average Bonchev–Trinajstić information content (AvgIpc) is 2.90. The summed E-state index contributed by atoms with van der Waals surface area (Å²) in [5.74, 6) is -0.207. The Labute approximate surface area is 213 Å². The third-order valence-electron chi connectivity index (χ3n) is 5.75. The van der Waals surface area contributed by atoms with Crippen molar-refractivity contribution in [3.8, 4) is 0 Å². The quantitative estimate of drug-likeness (QED) is 0.153. The number of carbonyl (C=O) groups is 1. The Morgan fingerprint density at radius 3 is 1.47 bits per heavy atom. The van der Waals surface area contributed by atoms with Crippen molar-refractivity contribution in [1.29, 1.82) is 0 Å². The van der Waals surface area contributed by atoms with Crippen molar-refractivity contribution in [2.75, 3.05) is 0 Å². The lowest BCUT2D eigenvalue weighted by Gasteiger charge is -2.32. The van der Waals surface area contributed by atoms with Crippen LogP contribution in [0, 0.1) is 0 Å². The summed E-state index contributed by atoms with van der Waals surface area (Å²) in [6.07, 6.45) is 3.99. The van der Waals surface area contributed by atoms with Gasteiger partial charge in [0.2, 0.25) is 0 Å². The topological polar surface area (TPSA) is 26.3 Å². The third-order valence-corrected chi connectivity index (χ3v) is 10.3. The lowest BCUT2D eigenvalue weighted by atomic mass is 10.2. The Bertz CT molecular complexity index is 1080. The van der Waals surface area contributed by atoms with Gasteiger partial charge >= 0.3 is 5.97 Å². The number of hydrogen-bond acceptors (Lipinski definition) is 2. The van der Waals surface area contributed by atoms with Crippen molar-refractivity contribution in [3.05, 3.63) is 139 Å². The number of allylic oxidation sites excluding steroid dienone is 1. The molecule has 0 spiro atoms. The summed E-state index contributed by atoms with van der Waals surface area (Å²) >= 11 is 0. The van der Waals surface area contributed by atoms with Gasteiger partial charge in [-0.05, 0) is 55.0 Å². The molecule has 34 heavy (non-hydrogen) atoms. The molecule has 0 aliphatic carbocycles. The third kappa shape index (κ3) is 5.38. The highest BCUT2D eigenvalue weighted by molar-refractivity contribution is 8.93. The van der Waals surface area contributed by atoms with Gasteiger partial charge in [0.25, 0.3) is 0 Å². The van der Waals surface area contributed by atoms with Gasteiger partial charge in [0.15, 0.2) is 5.66 Å². The molecule has 0 heterocycles. The van der Waals surface area contributed by atoms with E-state index in [2.05, 4.69) is 72.8 Å². The van der Waals surface area contributed by atoms with E-state index in [9.17, 15) is 4.79 Å². The zero-order valence-corrected chi connectivity index (χ0v) is 21.8. The average molecular weight is 532 g/mol. The molecule has 0 aliphatic heterocycles. The van der Waals surface area contributed by atoms with Gasteiger partial charge < -0.3 is 4.74 Å². The lowest BCUT2D eigenvalue weighted by Crippen LogP contribution is -2.42. The Hall–Kier alpha value is -3.00. The molecule has 0 bridgehead atoms. The number of ether oxygens (including phenoxy) is 1. The maximum Gasteiger partial charge on any atom is 0.352 e. The van der Waals surface area contributed by atoms with Crippen LogP contribution in [-0.2, 0) is 16.1 Å². The van der Waals surface area contributed by atoms with Crippen LogP contribution in [0.25, 0.3) is 0 Å². The molecule has 0 aliphatic rings. The summed E-state index contributed by atoms with van der Waals surface area (Å²) in [5, 5.41) is 3.46. The fraction of sp³-hybridized carbons (Fsp3) is 0.100. The minimum Gasteiger partial charge on any atom is -0.458 e. The van der Waals surface area contributed by atoms with Gasteiger partial charge in [-0.1, -0.05) is 91.0 Å². The first kappa shape index (κ1) is 25.6. The number of benzene rings is 4. The summed E-state index contributed by atoms with van der Waals surface area (Å²) in [6.45, 7) is 2.22. The van der Waals surface area contributed by atoms with Crippen LogP contribution in [-0.4, -0.2) is 11.6 Å². The summed E-state index contributed by atoms with van der Waals surface area (Å²) in [6, 6.07) is 41.1. The second kappa shape index (κ2) is 12.5. The van der Waals surface area contributed by atoms with Gasteiger partial charge in [-0.3, -0.25) is 0 Å². The van der Waals surface area contributed by atoms with Crippen molar-refractivity contribution >= 4 is 46.1 Å². The molecule has 4 aromatic carbocycles.